The first-order valence-corrected chi connectivity index (χ1v) is 4.44. The maximum absolute atomic E-state index is 5.69. The predicted octanol–water partition coefficient (Wildman–Crippen LogP) is 3.73. The zero-order chi connectivity index (χ0) is 9.26. The summed E-state index contributed by atoms with van der Waals surface area (Å²) in [5.74, 6) is 0.862. The zero-order valence-corrected chi connectivity index (χ0v) is 7.84. The van der Waals surface area contributed by atoms with Crippen LogP contribution < -0.4 is 0 Å². The molecule has 0 unspecified atom stereocenters. The fraction of sp³-hybridized carbons (Fsp3) is 0.0909. The molecule has 0 N–H and O–H groups in total. The van der Waals surface area contributed by atoms with Crippen LogP contribution in [-0.4, -0.2) is 0 Å². The van der Waals surface area contributed by atoms with E-state index in [4.69, 9.17) is 16.0 Å². The minimum atomic E-state index is 0.593. The molecule has 1 nitrogen and oxygen atoms in total. The van der Waals surface area contributed by atoms with Gasteiger partial charge in [0, 0.05) is 16.8 Å². The largest absolute Gasteiger partial charge is 0.461 e. The van der Waals surface area contributed by atoms with Crippen molar-refractivity contribution in [1.82, 2.24) is 0 Å². The molecule has 0 atom stereocenters. The highest BCUT2D eigenvalue weighted by molar-refractivity contribution is 6.29. The van der Waals surface area contributed by atoms with Gasteiger partial charge in [0.15, 0.2) is 0 Å². The van der Waals surface area contributed by atoms with Gasteiger partial charge >= 0.3 is 0 Å². The summed E-state index contributed by atoms with van der Waals surface area (Å²) in [5.41, 5.74) is 0.899. The van der Waals surface area contributed by atoms with Gasteiger partial charge in [-0.3, -0.25) is 0 Å². The van der Waals surface area contributed by atoms with Crippen LogP contribution in [0.3, 0.4) is 0 Å². The van der Waals surface area contributed by atoms with Crippen LogP contribution in [0.5, 0.6) is 0 Å². The van der Waals surface area contributed by atoms with Crippen LogP contribution in [0.25, 0.3) is 11.0 Å². The third kappa shape index (κ3) is 1.76. The molecule has 2 aromatic rings. The number of hydrogen-bond acceptors (Lipinski definition) is 1. The van der Waals surface area contributed by atoms with Crippen molar-refractivity contribution in [3.05, 3.63) is 47.7 Å². The van der Waals surface area contributed by atoms with Crippen LogP contribution in [0.1, 0.15) is 5.76 Å². The highest BCUT2D eigenvalue weighted by Crippen LogP contribution is 2.21. The highest BCUT2D eigenvalue weighted by atomic mass is 35.5. The van der Waals surface area contributed by atoms with Gasteiger partial charge in [-0.1, -0.05) is 36.4 Å². The second-order valence-corrected chi connectivity index (χ2v) is 3.48. The summed E-state index contributed by atoms with van der Waals surface area (Å²) in [6.07, 6.45) is 0.593. The Balaban J connectivity index is 2.44. The molecular weight excluding hydrogens is 184 g/mol. The topological polar surface area (TPSA) is 13.1 Å². The van der Waals surface area contributed by atoms with Crippen molar-refractivity contribution < 1.29 is 4.42 Å². The van der Waals surface area contributed by atoms with Gasteiger partial charge in [0.05, 0.1) is 0 Å². The molecule has 1 aromatic heterocycles. The molecule has 0 fully saturated rings. The Hall–Kier alpha value is -1.21. The van der Waals surface area contributed by atoms with Crippen molar-refractivity contribution in [3.8, 4) is 0 Å². The van der Waals surface area contributed by atoms with E-state index in [2.05, 4.69) is 6.58 Å². The summed E-state index contributed by atoms with van der Waals surface area (Å²) in [6.45, 7) is 3.63. The first kappa shape index (κ1) is 8.39. The normalized spacial score (nSPS) is 10.5. The maximum atomic E-state index is 5.69. The van der Waals surface area contributed by atoms with Crippen LogP contribution in [0.15, 0.2) is 46.4 Å². The Morgan fingerprint density at radius 2 is 2.15 bits per heavy atom. The molecule has 0 aliphatic heterocycles. The van der Waals surface area contributed by atoms with Crippen LogP contribution in [0.2, 0.25) is 0 Å². The van der Waals surface area contributed by atoms with Crippen molar-refractivity contribution in [3.63, 3.8) is 0 Å². The number of allylic oxidation sites excluding steroid dienone is 1. The van der Waals surface area contributed by atoms with E-state index < -0.39 is 0 Å². The van der Waals surface area contributed by atoms with Gasteiger partial charge in [-0.15, -0.1) is 0 Å². The van der Waals surface area contributed by atoms with Crippen molar-refractivity contribution in [1.29, 1.82) is 0 Å². The minimum absolute atomic E-state index is 0.593. The van der Waals surface area contributed by atoms with Crippen LogP contribution >= 0.6 is 11.6 Å². The third-order valence-electron chi connectivity index (χ3n) is 1.84. The van der Waals surface area contributed by atoms with Gasteiger partial charge in [0.2, 0.25) is 0 Å². The van der Waals surface area contributed by atoms with E-state index in [1.807, 2.05) is 30.3 Å². The lowest BCUT2D eigenvalue weighted by Crippen LogP contribution is -1.76. The number of halogens is 1. The molecule has 66 valence electrons. The average Bonchev–Trinajstić information content (AvgIpc) is 2.44. The molecule has 0 spiro atoms. The molecule has 1 heterocycles. The Morgan fingerprint density at radius 3 is 2.85 bits per heavy atom. The number of furan rings is 1. The minimum Gasteiger partial charge on any atom is -0.461 e. The summed E-state index contributed by atoms with van der Waals surface area (Å²) >= 11 is 5.69. The van der Waals surface area contributed by atoms with Crippen LogP contribution in [-0.2, 0) is 6.42 Å². The molecule has 13 heavy (non-hydrogen) atoms. The lowest BCUT2D eigenvalue weighted by Gasteiger charge is -1.89. The second-order valence-electron chi connectivity index (χ2n) is 2.94. The van der Waals surface area contributed by atoms with E-state index in [9.17, 15) is 0 Å². The lowest BCUT2D eigenvalue weighted by atomic mass is 10.2. The molecule has 0 saturated carbocycles. The Bertz CT molecular complexity index is 409. The van der Waals surface area contributed by atoms with Gasteiger partial charge in [-0.25, -0.2) is 0 Å². The fourth-order valence-electron chi connectivity index (χ4n) is 1.31. The number of rotatable bonds is 2. The summed E-state index contributed by atoms with van der Waals surface area (Å²) in [6, 6.07) is 9.88. The smallest absolute Gasteiger partial charge is 0.134 e. The predicted molar refractivity (Wildman–Crippen MR) is 54.9 cm³/mol. The first-order valence-electron chi connectivity index (χ1n) is 4.06. The molecule has 2 heteroatoms. The molecule has 0 radical (unpaired) electrons. The fourth-order valence-corrected chi connectivity index (χ4v) is 1.44. The summed E-state index contributed by atoms with van der Waals surface area (Å²) in [5, 5.41) is 1.70. The van der Waals surface area contributed by atoms with Crippen LogP contribution in [0.4, 0.5) is 0 Å². The van der Waals surface area contributed by atoms with Crippen molar-refractivity contribution >= 4 is 22.6 Å². The van der Waals surface area contributed by atoms with Crippen molar-refractivity contribution in [2.24, 2.45) is 0 Å². The van der Waals surface area contributed by atoms with Crippen molar-refractivity contribution in [2.45, 2.75) is 6.42 Å². The van der Waals surface area contributed by atoms with Gasteiger partial charge < -0.3 is 4.42 Å². The molecular formula is C11H9ClO. The average molecular weight is 193 g/mol. The van der Waals surface area contributed by atoms with E-state index in [0.29, 0.717) is 11.5 Å². The molecule has 0 saturated heterocycles. The van der Waals surface area contributed by atoms with Gasteiger partial charge in [0.1, 0.15) is 11.3 Å². The van der Waals surface area contributed by atoms with Gasteiger partial charge in [-0.2, -0.15) is 0 Å². The summed E-state index contributed by atoms with van der Waals surface area (Å²) in [4.78, 5) is 0. The van der Waals surface area contributed by atoms with E-state index >= 15 is 0 Å². The number of hydrogen-bond donors (Lipinski definition) is 0. The van der Waals surface area contributed by atoms with E-state index in [1.54, 1.807) is 0 Å². The van der Waals surface area contributed by atoms with E-state index in [-0.39, 0.29) is 0 Å². The quantitative estimate of drug-likeness (QED) is 0.707. The Labute approximate surface area is 81.6 Å². The molecule has 0 aliphatic rings. The van der Waals surface area contributed by atoms with E-state index in [0.717, 1.165) is 16.7 Å². The Morgan fingerprint density at radius 1 is 1.38 bits per heavy atom. The zero-order valence-electron chi connectivity index (χ0n) is 7.09. The highest BCUT2D eigenvalue weighted by Gasteiger charge is 2.02. The molecule has 2 rings (SSSR count). The van der Waals surface area contributed by atoms with Crippen LogP contribution in [0, 0.1) is 0 Å². The molecule has 0 amide bonds. The number of para-hydroxylation sites is 1. The number of benzene rings is 1. The molecule has 0 bridgehead atoms. The van der Waals surface area contributed by atoms with E-state index in [1.165, 1.54) is 0 Å². The standard InChI is InChI=1S/C11H9ClO/c1-8(12)6-10-7-9-4-2-3-5-11(9)13-10/h2-5,7H,1,6H2. The maximum Gasteiger partial charge on any atom is 0.134 e. The molecule has 0 aliphatic carbocycles. The van der Waals surface area contributed by atoms with Gasteiger partial charge in [0.25, 0.3) is 0 Å². The Kier molecular flexibility index (Phi) is 2.11. The molecule has 1 aromatic carbocycles. The monoisotopic (exact) mass is 192 g/mol. The first-order chi connectivity index (χ1) is 6.25. The number of fused-ring (bicyclic) bond motifs is 1. The lowest BCUT2D eigenvalue weighted by molar-refractivity contribution is 0.564. The SMILES string of the molecule is C=C(Cl)Cc1cc2ccccc2o1. The summed E-state index contributed by atoms with van der Waals surface area (Å²) < 4.78 is 5.53. The van der Waals surface area contributed by atoms with Gasteiger partial charge in [-0.05, 0) is 12.1 Å². The third-order valence-corrected chi connectivity index (χ3v) is 1.98. The summed E-state index contributed by atoms with van der Waals surface area (Å²) in [7, 11) is 0. The second kappa shape index (κ2) is 3.27. The van der Waals surface area contributed by atoms with Crippen molar-refractivity contribution in [2.75, 3.05) is 0 Å².